The predicted octanol–water partition coefficient (Wildman–Crippen LogP) is 2.18. The highest BCUT2D eigenvalue weighted by atomic mass is 32.1. The van der Waals surface area contributed by atoms with E-state index >= 15 is 0 Å². The minimum absolute atomic E-state index is 0.141. The molecule has 0 aliphatic heterocycles. The van der Waals surface area contributed by atoms with E-state index in [4.69, 9.17) is 17.0 Å². The Labute approximate surface area is 148 Å². The molecule has 0 radical (unpaired) electrons. The molecule has 24 heavy (non-hydrogen) atoms. The molecule has 1 amide bonds. The van der Waals surface area contributed by atoms with Crippen LogP contribution < -0.4 is 26.2 Å². The van der Waals surface area contributed by atoms with Crippen LogP contribution >= 0.6 is 12.2 Å². The minimum Gasteiger partial charge on any atom is -0.497 e. The summed E-state index contributed by atoms with van der Waals surface area (Å²) < 4.78 is 5.14. The SMILES string of the molecule is COc1cccc(NCC(=O)NNC(=S)N[C@@H]2CCCC[C@H]2C)c1. The fourth-order valence-electron chi connectivity index (χ4n) is 2.82. The summed E-state index contributed by atoms with van der Waals surface area (Å²) in [5.74, 6) is 1.15. The van der Waals surface area contributed by atoms with E-state index in [1.165, 1.54) is 19.3 Å². The van der Waals surface area contributed by atoms with Gasteiger partial charge in [-0.15, -0.1) is 0 Å². The highest BCUT2D eigenvalue weighted by molar-refractivity contribution is 7.80. The van der Waals surface area contributed by atoms with Gasteiger partial charge in [0.2, 0.25) is 0 Å². The number of carbonyl (C=O) groups is 1. The lowest BCUT2D eigenvalue weighted by molar-refractivity contribution is -0.119. The zero-order chi connectivity index (χ0) is 17.4. The molecule has 0 spiro atoms. The average molecular weight is 350 g/mol. The lowest BCUT2D eigenvalue weighted by atomic mass is 9.86. The lowest BCUT2D eigenvalue weighted by Gasteiger charge is -2.30. The van der Waals surface area contributed by atoms with E-state index in [0.717, 1.165) is 17.9 Å². The summed E-state index contributed by atoms with van der Waals surface area (Å²) in [7, 11) is 1.61. The fraction of sp³-hybridized carbons (Fsp3) is 0.529. The molecule has 2 atom stereocenters. The molecule has 132 valence electrons. The molecule has 1 fully saturated rings. The molecule has 1 aromatic rings. The van der Waals surface area contributed by atoms with E-state index in [1.54, 1.807) is 7.11 Å². The van der Waals surface area contributed by atoms with Gasteiger partial charge in [0.25, 0.3) is 5.91 Å². The lowest BCUT2D eigenvalue weighted by Crippen LogP contribution is -2.52. The van der Waals surface area contributed by atoms with Crippen LogP contribution in [0.5, 0.6) is 5.75 Å². The summed E-state index contributed by atoms with van der Waals surface area (Å²) >= 11 is 5.24. The third-order valence-corrected chi connectivity index (χ3v) is 4.49. The van der Waals surface area contributed by atoms with Crippen LogP contribution in [0.4, 0.5) is 5.69 Å². The Hall–Kier alpha value is -2.02. The summed E-state index contributed by atoms with van der Waals surface area (Å²) in [6, 6.07) is 7.80. The summed E-state index contributed by atoms with van der Waals surface area (Å²) in [6.07, 6.45) is 4.85. The maximum Gasteiger partial charge on any atom is 0.257 e. The standard InChI is InChI=1S/C17H26N4O2S/c1-12-6-3-4-9-15(12)19-17(24)21-20-16(22)11-18-13-7-5-8-14(10-13)23-2/h5,7-8,10,12,15,18H,3-4,6,9,11H2,1-2H3,(H,20,22)(H2,19,21,24)/t12-,15-/m1/s1. The highest BCUT2D eigenvalue weighted by Crippen LogP contribution is 2.23. The molecule has 0 aromatic heterocycles. The van der Waals surface area contributed by atoms with Crippen molar-refractivity contribution in [2.45, 2.75) is 38.6 Å². The van der Waals surface area contributed by atoms with Gasteiger partial charge in [0.15, 0.2) is 5.11 Å². The first-order valence-electron chi connectivity index (χ1n) is 8.31. The Morgan fingerprint density at radius 3 is 2.83 bits per heavy atom. The normalized spacial score (nSPS) is 19.9. The monoisotopic (exact) mass is 350 g/mol. The van der Waals surface area contributed by atoms with Crippen molar-refractivity contribution in [3.63, 3.8) is 0 Å². The number of hydrogen-bond donors (Lipinski definition) is 4. The summed E-state index contributed by atoms with van der Waals surface area (Å²) in [5, 5.41) is 6.78. The number of benzene rings is 1. The number of rotatable bonds is 5. The third kappa shape index (κ3) is 5.88. The Kier molecular flexibility index (Phi) is 7.11. The van der Waals surface area contributed by atoms with Crippen LogP contribution in [0.1, 0.15) is 32.6 Å². The predicted molar refractivity (Wildman–Crippen MR) is 99.9 cm³/mol. The van der Waals surface area contributed by atoms with Gasteiger partial charge in [-0.25, -0.2) is 0 Å². The summed E-state index contributed by atoms with van der Waals surface area (Å²) in [5.41, 5.74) is 6.19. The second-order valence-corrected chi connectivity index (χ2v) is 6.51. The number of hydrazine groups is 1. The van der Waals surface area contributed by atoms with Gasteiger partial charge in [0.1, 0.15) is 5.75 Å². The van der Waals surface area contributed by atoms with Gasteiger partial charge < -0.3 is 15.4 Å². The first-order valence-corrected chi connectivity index (χ1v) is 8.72. The van der Waals surface area contributed by atoms with Crippen LogP contribution in [0.2, 0.25) is 0 Å². The Bertz CT molecular complexity index is 567. The molecular weight excluding hydrogens is 324 g/mol. The Balaban J connectivity index is 1.67. The van der Waals surface area contributed by atoms with Gasteiger partial charge in [0, 0.05) is 17.8 Å². The molecule has 2 rings (SSSR count). The number of carbonyl (C=O) groups excluding carboxylic acids is 1. The van der Waals surface area contributed by atoms with Crippen LogP contribution in [-0.4, -0.2) is 30.7 Å². The zero-order valence-electron chi connectivity index (χ0n) is 14.2. The van der Waals surface area contributed by atoms with Gasteiger partial charge in [-0.3, -0.25) is 15.6 Å². The summed E-state index contributed by atoms with van der Waals surface area (Å²) in [4.78, 5) is 11.9. The van der Waals surface area contributed by atoms with Crippen LogP contribution in [0, 0.1) is 5.92 Å². The van der Waals surface area contributed by atoms with E-state index in [9.17, 15) is 4.79 Å². The quantitative estimate of drug-likeness (QED) is 0.482. The van der Waals surface area contributed by atoms with Crippen molar-refractivity contribution >= 4 is 28.9 Å². The molecule has 0 unspecified atom stereocenters. The molecule has 0 heterocycles. The largest absolute Gasteiger partial charge is 0.497 e. The van der Waals surface area contributed by atoms with E-state index in [0.29, 0.717) is 17.1 Å². The second-order valence-electron chi connectivity index (χ2n) is 6.10. The topological polar surface area (TPSA) is 74.4 Å². The van der Waals surface area contributed by atoms with Crippen molar-refractivity contribution < 1.29 is 9.53 Å². The molecular formula is C17H26N4O2S. The minimum atomic E-state index is -0.196. The number of methoxy groups -OCH3 is 1. The first-order chi connectivity index (χ1) is 11.6. The van der Waals surface area contributed by atoms with E-state index in [2.05, 4.69) is 28.4 Å². The number of amides is 1. The van der Waals surface area contributed by atoms with Crippen LogP contribution in [0.3, 0.4) is 0 Å². The average Bonchev–Trinajstić information content (AvgIpc) is 2.60. The number of thiocarbonyl (C=S) groups is 1. The van der Waals surface area contributed by atoms with Crippen molar-refractivity contribution in [3.8, 4) is 5.75 Å². The van der Waals surface area contributed by atoms with Gasteiger partial charge in [-0.2, -0.15) is 0 Å². The Morgan fingerprint density at radius 1 is 1.29 bits per heavy atom. The molecule has 1 aromatic carbocycles. The van der Waals surface area contributed by atoms with Crippen molar-refractivity contribution in [2.24, 2.45) is 5.92 Å². The number of hydrogen-bond acceptors (Lipinski definition) is 4. The van der Waals surface area contributed by atoms with Crippen LogP contribution in [0.25, 0.3) is 0 Å². The van der Waals surface area contributed by atoms with E-state index in [1.807, 2.05) is 24.3 Å². The van der Waals surface area contributed by atoms with Gasteiger partial charge in [-0.05, 0) is 43.1 Å². The smallest absolute Gasteiger partial charge is 0.257 e. The maximum absolute atomic E-state index is 11.9. The molecule has 6 nitrogen and oxygen atoms in total. The van der Waals surface area contributed by atoms with Crippen molar-refractivity contribution in [1.29, 1.82) is 0 Å². The Morgan fingerprint density at radius 2 is 2.08 bits per heavy atom. The van der Waals surface area contributed by atoms with Crippen LogP contribution in [-0.2, 0) is 4.79 Å². The molecule has 1 saturated carbocycles. The van der Waals surface area contributed by atoms with Crippen molar-refractivity contribution in [2.75, 3.05) is 19.0 Å². The fourth-order valence-corrected chi connectivity index (χ4v) is 3.02. The first kappa shape index (κ1) is 18.3. The van der Waals surface area contributed by atoms with Gasteiger partial charge >= 0.3 is 0 Å². The van der Waals surface area contributed by atoms with Gasteiger partial charge in [0.05, 0.1) is 13.7 Å². The molecule has 7 heteroatoms. The zero-order valence-corrected chi connectivity index (χ0v) is 15.0. The number of anilines is 1. The van der Waals surface area contributed by atoms with E-state index in [-0.39, 0.29) is 12.5 Å². The number of nitrogens with one attached hydrogen (secondary N) is 4. The maximum atomic E-state index is 11.9. The molecule has 0 bridgehead atoms. The molecule has 0 saturated heterocycles. The molecule has 1 aliphatic carbocycles. The summed E-state index contributed by atoms with van der Waals surface area (Å²) in [6.45, 7) is 2.37. The van der Waals surface area contributed by atoms with E-state index < -0.39 is 0 Å². The second kappa shape index (κ2) is 9.32. The number of ether oxygens (including phenoxy) is 1. The van der Waals surface area contributed by atoms with Crippen molar-refractivity contribution in [1.82, 2.24) is 16.2 Å². The van der Waals surface area contributed by atoms with Crippen molar-refractivity contribution in [3.05, 3.63) is 24.3 Å². The van der Waals surface area contributed by atoms with Gasteiger partial charge in [-0.1, -0.05) is 25.8 Å². The molecule has 1 aliphatic rings. The third-order valence-electron chi connectivity index (χ3n) is 4.27. The molecule has 4 N–H and O–H groups in total. The van der Waals surface area contributed by atoms with Crippen LogP contribution in [0.15, 0.2) is 24.3 Å². The highest BCUT2D eigenvalue weighted by Gasteiger charge is 2.21.